The lowest BCUT2D eigenvalue weighted by atomic mass is 9.78. The van der Waals surface area contributed by atoms with Gasteiger partial charge >= 0.3 is 0 Å². The molecule has 2 aromatic carbocycles. The maximum absolute atomic E-state index is 14.0. The lowest BCUT2D eigenvalue weighted by Gasteiger charge is -2.25. The Morgan fingerprint density at radius 2 is 2.00 bits per heavy atom. The standard InChI is InChI=1S/C19H19FO2/c1-11-3-6-16(17(20)9-11)19(22)14-4-7-15-12(2)18(21)8-5-13(15)10-14/h3,5-6,8-9,14,21H,4,7,10H2,1-2H3. The number of hydrogen-bond donors (Lipinski definition) is 1. The summed E-state index contributed by atoms with van der Waals surface area (Å²) in [5, 5.41) is 9.77. The van der Waals surface area contributed by atoms with Crippen LogP contribution in [0.25, 0.3) is 0 Å². The summed E-state index contributed by atoms with van der Waals surface area (Å²) in [6, 6.07) is 8.32. The highest BCUT2D eigenvalue weighted by Gasteiger charge is 2.28. The zero-order valence-corrected chi connectivity index (χ0v) is 12.8. The lowest BCUT2D eigenvalue weighted by Crippen LogP contribution is -2.24. The fourth-order valence-electron chi connectivity index (χ4n) is 3.29. The van der Waals surface area contributed by atoms with E-state index < -0.39 is 5.82 Å². The Labute approximate surface area is 129 Å². The van der Waals surface area contributed by atoms with Crippen LogP contribution < -0.4 is 0 Å². The average Bonchev–Trinajstić information content (AvgIpc) is 2.50. The SMILES string of the molecule is Cc1ccc(C(=O)C2CCc3c(ccc(O)c3C)C2)c(F)c1. The monoisotopic (exact) mass is 298 g/mol. The largest absolute Gasteiger partial charge is 0.508 e. The maximum atomic E-state index is 14.0. The zero-order chi connectivity index (χ0) is 15.9. The quantitative estimate of drug-likeness (QED) is 0.846. The summed E-state index contributed by atoms with van der Waals surface area (Å²) in [7, 11) is 0. The molecule has 0 radical (unpaired) electrons. The lowest BCUT2D eigenvalue weighted by molar-refractivity contribution is 0.0904. The fraction of sp³-hybridized carbons (Fsp3) is 0.316. The Bertz CT molecular complexity index is 749. The van der Waals surface area contributed by atoms with E-state index >= 15 is 0 Å². The summed E-state index contributed by atoms with van der Waals surface area (Å²) >= 11 is 0. The van der Waals surface area contributed by atoms with Crippen molar-refractivity contribution in [3.8, 4) is 5.75 Å². The number of halogens is 1. The van der Waals surface area contributed by atoms with Crippen molar-refractivity contribution in [3.63, 3.8) is 0 Å². The molecule has 1 atom stereocenters. The molecule has 0 saturated carbocycles. The highest BCUT2D eigenvalue weighted by atomic mass is 19.1. The van der Waals surface area contributed by atoms with Gasteiger partial charge in [0.2, 0.25) is 0 Å². The van der Waals surface area contributed by atoms with Gasteiger partial charge in [-0.05, 0) is 73.6 Å². The number of phenolic OH excluding ortho intramolecular Hbond substituents is 1. The summed E-state index contributed by atoms with van der Waals surface area (Å²) in [6.45, 7) is 3.71. The maximum Gasteiger partial charge on any atom is 0.169 e. The number of aromatic hydroxyl groups is 1. The van der Waals surface area contributed by atoms with Crippen LogP contribution in [0, 0.1) is 25.6 Å². The second kappa shape index (κ2) is 5.56. The topological polar surface area (TPSA) is 37.3 Å². The van der Waals surface area contributed by atoms with E-state index in [1.54, 1.807) is 18.2 Å². The molecule has 3 rings (SSSR count). The van der Waals surface area contributed by atoms with Gasteiger partial charge in [0.25, 0.3) is 0 Å². The van der Waals surface area contributed by atoms with Crippen LogP contribution in [-0.2, 0) is 12.8 Å². The van der Waals surface area contributed by atoms with Crippen LogP contribution in [0.3, 0.4) is 0 Å². The summed E-state index contributed by atoms with van der Waals surface area (Å²) in [4.78, 5) is 12.6. The summed E-state index contributed by atoms with van der Waals surface area (Å²) < 4.78 is 14.0. The van der Waals surface area contributed by atoms with Crippen LogP contribution in [0.1, 0.15) is 39.0 Å². The number of rotatable bonds is 2. The Morgan fingerprint density at radius 1 is 1.23 bits per heavy atom. The second-order valence-corrected chi connectivity index (χ2v) is 6.13. The predicted octanol–water partition coefficient (Wildman–Crippen LogP) is 4.14. The number of hydrogen-bond acceptors (Lipinski definition) is 2. The van der Waals surface area contributed by atoms with Crippen LogP contribution in [0.2, 0.25) is 0 Å². The van der Waals surface area contributed by atoms with Crippen molar-refractivity contribution in [2.45, 2.75) is 33.1 Å². The van der Waals surface area contributed by atoms with Crippen molar-refractivity contribution in [1.29, 1.82) is 0 Å². The van der Waals surface area contributed by atoms with E-state index in [1.807, 2.05) is 19.9 Å². The van der Waals surface area contributed by atoms with E-state index in [4.69, 9.17) is 0 Å². The Balaban J connectivity index is 1.88. The van der Waals surface area contributed by atoms with Gasteiger partial charge in [-0.25, -0.2) is 4.39 Å². The van der Waals surface area contributed by atoms with Crippen molar-refractivity contribution in [3.05, 3.63) is 64.0 Å². The number of Topliss-reactive ketones (excluding diaryl/α,β-unsaturated/α-hetero) is 1. The molecule has 0 fully saturated rings. The first kappa shape index (κ1) is 14.8. The molecule has 114 valence electrons. The van der Waals surface area contributed by atoms with Crippen LogP contribution >= 0.6 is 0 Å². The van der Waals surface area contributed by atoms with Crippen molar-refractivity contribution in [1.82, 2.24) is 0 Å². The van der Waals surface area contributed by atoms with Gasteiger partial charge < -0.3 is 5.11 Å². The van der Waals surface area contributed by atoms with Gasteiger partial charge in [0.05, 0.1) is 5.56 Å². The van der Waals surface area contributed by atoms with Gasteiger partial charge in [-0.3, -0.25) is 4.79 Å². The number of carbonyl (C=O) groups excluding carboxylic acids is 1. The highest BCUT2D eigenvalue weighted by Crippen LogP contribution is 2.33. The molecule has 0 aliphatic heterocycles. The van der Waals surface area contributed by atoms with E-state index in [-0.39, 0.29) is 17.3 Å². The second-order valence-electron chi connectivity index (χ2n) is 6.13. The van der Waals surface area contributed by atoms with Gasteiger partial charge in [0.15, 0.2) is 5.78 Å². The summed E-state index contributed by atoms with van der Waals surface area (Å²) in [6.07, 6.45) is 2.06. The molecule has 0 saturated heterocycles. The van der Waals surface area contributed by atoms with Gasteiger partial charge in [-0.1, -0.05) is 12.1 Å². The molecule has 22 heavy (non-hydrogen) atoms. The molecule has 0 spiro atoms. The van der Waals surface area contributed by atoms with E-state index in [1.165, 1.54) is 6.07 Å². The Morgan fingerprint density at radius 3 is 2.73 bits per heavy atom. The molecule has 1 aliphatic rings. The molecular formula is C19H19FO2. The summed E-state index contributed by atoms with van der Waals surface area (Å²) in [5.74, 6) is -0.437. The van der Waals surface area contributed by atoms with E-state index in [9.17, 15) is 14.3 Å². The van der Waals surface area contributed by atoms with E-state index in [0.29, 0.717) is 18.6 Å². The normalized spacial score (nSPS) is 17.1. The van der Waals surface area contributed by atoms with Crippen LogP contribution in [0.15, 0.2) is 30.3 Å². The zero-order valence-electron chi connectivity index (χ0n) is 12.8. The minimum Gasteiger partial charge on any atom is -0.508 e. The third-order valence-electron chi connectivity index (χ3n) is 4.64. The van der Waals surface area contributed by atoms with Crippen LogP contribution in [0.5, 0.6) is 5.75 Å². The molecule has 0 bridgehead atoms. The molecule has 2 nitrogen and oxygen atoms in total. The van der Waals surface area contributed by atoms with Gasteiger partial charge in [0, 0.05) is 5.92 Å². The minimum atomic E-state index is -0.433. The third-order valence-corrected chi connectivity index (χ3v) is 4.64. The van der Waals surface area contributed by atoms with Crippen LogP contribution in [0.4, 0.5) is 4.39 Å². The molecule has 3 heteroatoms. The number of fused-ring (bicyclic) bond motifs is 1. The Kier molecular flexibility index (Phi) is 3.73. The first-order valence-electron chi connectivity index (χ1n) is 7.58. The first-order chi connectivity index (χ1) is 10.5. The Hall–Kier alpha value is -2.16. The molecule has 1 unspecified atom stereocenters. The fourth-order valence-corrected chi connectivity index (χ4v) is 3.29. The number of benzene rings is 2. The summed E-state index contributed by atoms with van der Waals surface area (Å²) in [5.41, 5.74) is 4.12. The van der Waals surface area contributed by atoms with Crippen molar-refractivity contribution in [2.24, 2.45) is 5.92 Å². The molecule has 0 aromatic heterocycles. The van der Waals surface area contributed by atoms with E-state index in [0.717, 1.165) is 28.7 Å². The first-order valence-corrected chi connectivity index (χ1v) is 7.58. The smallest absolute Gasteiger partial charge is 0.169 e. The molecule has 1 N–H and O–H groups in total. The number of carbonyl (C=O) groups is 1. The van der Waals surface area contributed by atoms with Gasteiger partial charge in [-0.2, -0.15) is 0 Å². The van der Waals surface area contributed by atoms with Crippen molar-refractivity contribution >= 4 is 5.78 Å². The molecule has 1 aliphatic carbocycles. The van der Waals surface area contributed by atoms with Crippen molar-refractivity contribution < 1.29 is 14.3 Å². The average molecular weight is 298 g/mol. The number of ketones is 1. The van der Waals surface area contributed by atoms with Gasteiger partial charge in [-0.15, -0.1) is 0 Å². The van der Waals surface area contributed by atoms with Crippen molar-refractivity contribution in [2.75, 3.05) is 0 Å². The predicted molar refractivity (Wildman–Crippen MR) is 83.8 cm³/mol. The minimum absolute atomic E-state index is 0.117. The third kappa shape index (κ3) is 2.52. The van der Waals surface area contributed by atoms with Crippen LogP contribution in [-0.4, -0.2) is 10.9 Å². The molecular weight excluding hydrogens is 279 g/mol. The van der Waals surface area contributed by atoms with E-state index in [2.05, 4.69) is 0 Å². The number of phenols is 1. The molecule has 0 heterocycles. The van der Waals surface area contributed by atoms with Gasteiger partial charge in [0.1, 0.15) is 11.6 Å². The molecule has 0 amide bonds. The molecule has 2 aromatic rings. The number of aryl methyl sites for hydroxylation is 1. The highest BCUT2D eigenvalue weighted by molar-refractivity contribution is 5.98.